The first kappa shape index (κ1) is 15.2. The molecule has 6 nitrogen and oxygen atoms in total. The van der Waals surface area contributed by atoms with Crippen LogP contribution in [0.2, 0.25) is 0 Å². The second kappa shape index (κ2) is 5.69. The van der Waals surface area contributed by atoms with Crippen molar-refractivity contribution in [3.63, 3.8) is 0 Å². The third kappa shape index (κ3) is 2.54. The number of hydrogen-bond donors (Lipinski definition) is 2. The van der Waals surface area contributed by atoms with Crippen molar-refractivity contribution < 1.29 is 8.42 Å². The maximum atomic E-state index is 12.6. The molecule has 1 fully saturated rings. The van der Waals surface area contributed by atoms with Crippen molar-refractivity contribution in [2.24, 2.45) is 5.73 Å². The van der Waals surface area contributed by atoms with Gasteiger partial charge in [0.15, 0.2) is 0 Å². The van der Waals surface area contributed by atoms with Crippen LogP contribution in [0, 0.1) is 0 Å². The number of nitrogens with two attached hydrogens (primary N) is 1. The number of aromatic amines is 1. The predicted molar refractivity (Wildman–Crippen MR) is 79.3 cm³/mol. The average molecular weight is 317 g/mol. The molecule has 1 saturated heterocycles. The molecule has 0 saturated carbocycles. The summed E-state index contributed by atoms with van der Waals surface area (Å²) in [5.74, 6) is 0. The lowest BCUT2D eigenvalue weighted by Gasteiger charge is -2.29. The fraction of sp³-hybridized carbons (Fsp3) is 0.417. The highest BCUT2D eigenvalue weighted by Gasteiger charge is 2.30. The highest BCUT2D eigenvalue weighted by molar-refractivity contribution is 7.89. The van der Waals surface area contributed by atoms with E-state index in [1.807, 2.05) is 0 Å². The highest BCUT2D eigenvalue weighted by atomic mass is 35.5. The molecule has 3 N–H and O–H groups in total. The number of fused-ring (bicyclic) bond motifs is 1. The van der Waals surface area contributed by atoms with Crippen LogP contribution in [0.1, 0.15) is 12.8 Å². The summed E-state index contributed by atoms with van der Waals surface area (Å²) < 4.78 is 26.7. The van der Waals surface area contributed by atoms with Crippen molar-refractivity contribution in [2.75, 3.05) is 13.1 Å². The molecule has 0 radical (unpaired) electrons. The number of pyridine rings is 1. The molecule has 20 heavy (non-hydrogen) atoms. The Morgan fingerprint density at radius 2 is 2.25 bits per heavy atom. The Bertz CT molecular complexity index is 700. The molecule has 1 aliphatic heterocycles. The Balaban J connectivity index is 0.00000147. The minimum Gasteiger partial charge on any atom is -0.345 e. The number of nitrogens with one attached hydrogen (secondary N) is 1. The second-order valence-corrected chi connectivity index (χ2v) is 6.72. The van der Waals surface area contributed by atoms with Gasteiger partial charge in [-0.3, -0.25) is 0 Å². The van der Waals surface area contributed by atoms with Crippen LogP contribution in [0.3, 0.4) is 0 Å². The largest absolute Gasteiger partial charge is 0.345 e. The summed E-state index contributed by atoms with van der Waals surface area (Å²) >= 11 is 0. The minimum atomic E-state index is -3.50. The van der Waals surface area contributed by atoms with Gasteiger partial charge in [0.2, 0.25) is 10.0 Å². The van der Waals surface area contributed by atoms with Crippen molar-refractivity contribution in [3.8, 4) is 0 Å². The van der Waals surface area contributed by atoms with Gasteiger partial charge in [0.05, 0.1) is 0 Å². The quantitative estimate of drug-likeness (QED) is 0.867. The van der Waals surface area contributed by atoms with E-state index in [4.69, 9.17) is 5.73 Å². The summed E-state index contributed by atoms with van der Waals surface area (Å²) in [6.07, 6.45) is 4.82. The molecule has 110 valence electrons. The molecule has 1 aliphatic rings. The molecule has 0 spiro atoms. The fourth-order valence-corrected chi connectivity index (χ4v) is 4.16. The Hall–Kier alpha value is -1.15. The highest BCUT2D eigenvalue weighted by Crippen LogP contribution is 2.26. The van der Waals surface area contributed by atoms with Crippen LogP contribution in [0.15, 0.2) is 29.4 Å². The van der Waals surface area contributed by atoms with E-state index < -0.39 is 10.0 Å². The van der Waals surface area contributed by atoms with E-state index in [0.717, 1.165) is 12.8 Å². The van der Waals surface area contributed by atoms with Crippen molar-refractivity contribution in [2.45, 2.75) is 23.8 Å². The van der Waals surface area contributed by atoms with Gasteiger partial charge in [-0.2, -0.15) is 4.31 Å². The Kier molecular flexibility index (Phi) is 4.33. The number of piperidine rings is 1. The summed E-state index contributed by atoms with van der Waals surface area (Å²) in [6, 6.07) is 3.42. The fourth-order valence-electron chi connectivity index (χ4n) is 2.48. The molecule has 2 aromatic heterocycles. The lowest BCUT2D eigenvalue weighted by molar-refractivity contribution is 0.316. The van der Waals surface area contributed by atoms with Crippen LogP contribution in [-0.4, -0.2) is 41.8 Å². The van der Waals surface area contributed by atoms with E-state index in [0.29, 0.717) is 24.1 Å². The van der Waals surface area contributed by atoms with Crippen molar-refractivity contribution in [1.29, 1.82) is 0 Å². The van der Waals surface area contributed by atoms with E-state index in [1.54, 1.807) is 18.3 Å². The summed E-state index contributed by atoms with van der Waals surface area (Å²) in [4.78, 5) is 7.29. The SMILES string of the molecule is Cl.NC1CCCN(S(=O)(=O)c2c[nH]c3ncccc23)C1. The van der Waals surface area contributed by atoms with Gasteiger partial charge in [-0.05, 0) is 25.0 Å². The van der Waals surface area contributed by atoms with Gasteiger partial charge >= 0.3 is 0 Å². The third-order valence-electron chi connectivity index (χ3n) is 3.45. The number of rotatable bonds is 2. The van der Waals surface area contributed by atoms with E-state index in [2.05, 4.69) is 9.97 Å². The Morgan fingerprint density at radius 1 is 1.45 bits per heavy atom. The van der Waals surface area contributed by atoms with Gasteiger partial charge in [0.25, 0.3) is 0 Å². The third-order valence-corrected chi connectivity index (χ3v) is 5.36. The Labute approximate surface area is 123 Å². The summed E-state index contributed by atoms with van der Waals surface area (Å²) in [5, 5.41) is 0.627. The summed E-state index contributed by atoms with van der Waals surface area (Å²) in [7, 11) is -3.50. The van der Waals surface area contributed by atoms with Crippen molar-refractivity contribution >= 4 is 33.5 Å². The number of sulfonamides is 1. The lowest BCUT2D eigenvalue weighted by Crippen LogP contribution is -2.45. The predicted octanol–water partition coefficient (Wildman–Crippen LogP) is 1.10. The normalized spacial score (nSPS) is 20.8. The van der Waals surface area contributed by atoms with Crippen molar-refractivity contribution in [3.05, 3.63) is 24.5 Å². The van der Waals surface area contributed by atoms with Crippen LogP contribution in [-0.2, 0) is 10.0 Å². The average Bonchev–Trinajstić information content (AvgIpc) is 2.83. The number of halogens is 1. The second-order valence-electron chi connectivity index (χ2n) is 4.82. The first-order valence-electron chi connectivity index (χ1n) is 6.27. The van der Waals surface area contributed by atoms with E-state index in [9.17, 15) is 8.42 Å². The van der Waals surface area contributed by atoms with Crippen molar-refractivity contribution in [1.82, 2.24) is 14.3 Å². The molecule has 0 aromatic carbocycles. The summed E-state index contributed by atoms with van der Waals surface area (Å²) in [5.41, 5.74) is 6.45. The van der Waals surface area contributed by atoms with Crippen LogP contribution in [0.4, 0.5) is 0 Å². The molecule has 3 heterocycles. The molecule has 0 amide bonds. The molecule has 0 bridgehead atoms. The van der Waals surface area contributed by atoms with Crippen LogP contribution in [0.25, 0.3) is 11.0 Å². The van der Waals surface area contributed by atoms with E-state index >= 15 is 0 Å². The molecule has 0 aliphatic carbocycles. The first-order valence-corrected chi connectivity index (χ1v) is 7.71. The zero-order valence-corrected chi connectivity index (χ0v) is 12.5. The van der Waals surface area contributed by atoms with Gasteiger partial charge in [-0.1, -0.05) is 0 Å². The molecule has 1 unspecified atom stereocenters. The molecular formula is C12H17ClN4O2S. The Morgan fingerprint density at radius 3 is 3.00 bits per heavy atom. The molecule has 3 rings (SSSR count). The molecule has 1 atom stereocenters. The van der Waals surface area contributed by atoms with Gasteiger partial charge < -0.3 is 10.7 Å². The van der Waals surface area contributed by atoms with Gasteiger partial charge in [-0.25, -0.2) is 13.4 Å². The summed E-state index contributed by atoms with van der Waals surface area (Å²) in [6.45, 7) is 0.915. The monoisotopic (exact) mass is 316 g/mol. The van der Waals surface area contributed by atoms with Gasteiger partial charge in [0, 0.05) is 36.9 Å². The molecule has 8 heteroatoms. The zero-order valence-electron chi connectivity index (χ0n) is 10.8. The topological polar surface area (TPSA) is 92.1 Å². The number of nitrogens with zero attached hydrogens (tertiary/aromatic N) is 2. The standard InChI is InChI=1S/C12H16N4O2S.ClH/c13-9-3-2-6-16(8-9)19(17,18)11-7-15-12-10(11)4-1-5-14-12;/h1,4-5,7,9H,2-3,6,8,13H2,(H,14,15);1H. The minimum absolute atomic E-state index is 0. The number of H-pyrrole nitrogens is 1. The van der Waals surface area contributed by atoms with Crippen LogP contribution >= 0.6 is 12.4 Å². The smallest absolute Gasteiger partial charge is 0.245 e. The number of aromatic nitrogens is 2. The maximum absolute atomic E-state index is 12.6. The molecular weight excluding hydrogens is 300 g/mol. The van der Waals surface area contributed by atoms with E-state index in [-0.39, 0.29) is 23.3 Å². The van der Waals surface area contributed by atoms with Crippen LogP contribution in [0.5, 0.6) is 0 Å². The zero-order chi connectivity index (χ0) is 13.5. The van der Waals surface area contributed by atoms with Gasteiger partial charge in [0.1, 0.15) is 10.5 Å². The van der Waals surface area contributed by atoms with Crippen LogP contribution < -0.4 is 5.73 Å². The first-order chi connectivity index (χ1) is 9.09. The maximum Gasteiger partial charge on any atom is 0.245 e. The number of hydrogen-bond acceptors (Lipinski definition) is 4. The lowest BCUT2D eigenvalue weighted by atomic mass is 10.1. The van der Waals surface area contributed by atoms with Gasteiger partial charge in [-0.15, -0.1) is 12.4 Å². The van der Waals surface area contributed by atoms with E-state index in [1.165, 1.54) is 10.5 Å². The molecule has 2 aromatic rings.